The van der Waals surface area contributed by atoms with Crippen molar-refractivity contribution < 1.29 is 33.6 Å². The van der Waals surface area contributed by atoms with Crippen LogP contribution >= 0.6 is 0 Å². The Labute approximate surface area is 229 Å². The van der Waals surface area contributed by atoms with Crippen LogP contribution in [0.1, 0.15) is 43.6 Å². The van der Waals surface area contributed by atoms with E-state index in [9.17, 15) is 9.90 Å². The van der Waals surface area contributed by atoms with Gasteiger partial charge in [0.25, 0.3) is 5.91 Å². The van der Waals surface area contributed by atoms with Gasteiger partial charge in [0.15, 0.2) is 5.82 Å². The number of ether oxygens (including phenoxy) is 5. The third-order valence-electron chi connectivity index (χ3n) is 5.57. The van der Waals surface area contributed by atoms with Crippen LogP contribution in [0.2, 0.25) is 0 Å². The standard InChI is InChI=1S/C29H39N3O7/c1-6-36-29(34,37-7-2)20-32-14-13-27(31-32)30-28(33)24-16-25(18-26(17-24)39-22(4)19-35-5)38-21(3)15-23-11-9-8-10-12-23/h8-14,16-18,21-22,34H,6-7,15,19-20H2,1-5H3,(H,30,31,33)/t21-,22-/m0/s1. The number of aliphatic hydroxyl groups is 1. The summed E-state index contributed by atoms with van der Waals surface area (Å²) in [6.45, 7) is 8.22. The zero-order chi connectivity index (χ0) is 28.3. The number of carbonyl (C=O) groups is 1. The van der Waals surface area contributed by atoms with Crippen LogP contribution in [0, 0.1) is 0 Å². The molecule has 0 saturated heterocycles. The first kappa shape index (κ1) is 30.1. The van der Waals surface area contributed by atoms with Crippen LogP contribution in [0.5, 0.6) is 11.5 Å². The summed E-state index contributed by atoms with van der Waals surface area (Å²) in [4.78, 5) is 13.2. The summed E-state index contributed by atoms with van der Waals surface area (Å²) in [5.74, 6) is -0.915. The highest BCUT2D eigenvalue weighted by Crippen LogP contribution is 2.26. The quantitative estimate of drug-likeness (QED) is 0.259. The van der Waals surface area contributed by atoms with Crippen LogP contribution in [-0.4, -0.2) is 65.9 Å². The van der Waals surface area contributed by atoms with Crippen molar-refractivity contribution in [2.75, 3.05) is 32.2 Å². The molecule has 0 saturated carbocycles. The molecular weight excluding hydrogens is 502 g/mol. The predicted molar refractivity (Wildman–Crippen MR) is 147 cm³/mol. The Balaban J connectivity index is 1.76. The maximum absolute atomic E-state index is 13.2. The molecular formula is C29H39N3O7. The number of aromatic nitrogens is 2. The van der Waals surface area contributed by atoms with Gasteiger partial charge in [-0.3, -0.25) is 9.48 Å². The Morgan fingerprint density at radius 1 is 1.00 bits per heavy atom. The average molecular weight is 542 g/mol. The zero-order valence-corrected chi connectivity index (χ0v) is 23.3. The van der Waals surface area contributed by atoms with Gasteiger partial charge in [-0.05, 0) is 45.4 Å². The number of rotatable bonds is 16. The van der Waals surface area contributed by atoms with E-state index in [0.29, 0.717) is 35.9 Å². The Bertz CT molecular complexity index is 1160. The molecule has 2 N–H and O–H groups in total. The summed E-state index contributed by atoms with van der Waals surface area (Å²) in [6.07, 6.45) is 1.96. The average Bonchev–Trinajstić information content (AvgIpc) is 3.30. The van der Waals surface area contributed by atoms with Crippen molar-refractivity contribution in [1.29, 1.82) is 0 Å². The van der Waals surface area contributed by atoms with Gasteiger partial charge in [-0.15, -0.1) is 0 Å². The highest BCUT2D eigenvalue weighted by Gasteiger charge is 2.29. The molecule has 212 valence electrons. The second-order valence-corrected chi connectivity index (χ2v) is 9.13. The first-order valence-corrected chi connectivity index (χ1v) is 13.1. The molecule has 0 fully saturated rings. The highest BCUT2D eigenvalue weighted by molar-refractivity contribution is 6.04. The molecule has 0 radical (unpaired) electrons. The summed E-state index contributed by atoms with van der Waals surface area (Å²) in [5.41, 5.74) is 1.49. The molecule has 0 aliphatic carbocycles. The lowest BCUT2D eigenvalue weighted by molar-refractivity contribution is -0.364. The van der Waals surface area contributed by atoms with Crippen molar-refractivity contribution in [2.45, 2.75) is 58.8 Å². The van der Waals surface area contributed by atoms with Crippen molar-refractivity contribution >= 4 is 11.7 Å². The van der Waals surface area contributed by atoms with Crippen molar-refractivity contribution in [3.63, 3.8) is 0 Å². The van der Waals surface area contributed by atoms with Crippen molar-refractivity contribution in [3.8, 4) is 11.5 Å². The van der Waals surface area contributed by atoms with E-state index in [1.165, 1.54) is 4.68 Å². The van der Waals surface area contributed by atoms with E-state index in [1.807, 2.05) is 44.2 Å². The summed E-state index contributed by atoms with van der Waals surface area (Å²) >= 11 is 0. The van der Waals surface area contributed by atoms with Crippen LogP contribution < -0.4 is 14.8 Å². The molecule has 1 amide bonds. The number of hydrogen-bond acceptors (Lipinski definition) is 8. The van der Waals surface area contributed by atoms with E-state index >= 15 is 0 Å². The van der Waals surface area contributed by atoms with E-state index in [0.717, 1.165) is 5.56 Å². The number of amides is 1. The molecule has 0 aliphatic heterocycles. The molecule has 0 bridgehead atoms. The van der Waals surface area contributed by atoms with Gasteiger partial charge >= 0.3 is 5.97 Å². The molecule has 0 aliphatic rings. The maximum atomic E-state index is 13.2. The number of methoxy groups -OCH3 is 1. The van der Waals surface area contributed by atoms with Gasteiger partial charge in [-0.2, -0.15) is 5.10 Å². The lowest BCUT2D eigenvalue weighted by Gasteiger charge is -2.26. The highest BCUT2D eigenvalue weighted by atomic mass is 16.8. The molecule has 2 aromatic carbocycles. The summed E-state index contributed by atoms with van der Waals surface area (Å²) in [7, 11) is 1.60. The van der Waals surface area contributed by atoms with Crippen LogP contribution in [0.4, 0.5) is 5.82 Å². The molecule has 1 heterocycles. The number of anilines is 1. The van der Waals surface area contributed by atoms with Crippen LogP contribution in [0.3, 0.4) is 0 Å². The molecule has 1 aromatic heterocycles. The second kappa shape index (κ2) is 14.6. The lowest BCUT2D eigenvalue weighted by atomic mass is 10.1. The van der Waals surface area contributed by atoms with E-state index in [-0.39, 0.29) is 32.0 Å². The van der Waals surface area contributed by atoms with E-state index in [1.54, 1.807) is 51.4 Å². The van der Waals surface area contributed by atoms with Gasteiger partial charge in [-0.1, -0.05) is 30.3 Å². The van der Waals surface area contributed by atoms with E-state index in [4.69, 9.17) is 23.7 Å². The van der Waals surface area contributed by atoms with Crippen molar-refractivity contribution in [3.05, 3.63) is 71.9 Å². The third kappa shape index (κ3) is 9.67. The molecule has 3 rings (SSSR count). The number of hydrogen-bond donors (Lipinski definition) is 2. The summed E-state index contributed by atoms with van der Waals surface area (Å²) < 4.78 is 29.4. The Morgan fingerprint density at radius 2 is 1.64 bits per heavy atom. The fourth-order valence-electron chi connectivity index (χ4n) is 4.05. The topological polar surface area (TPSA) is 113 Å². The van der Waals surface area contributed by atoms with E-state index in [2.05, 4.69) is 10.4 Å². The van der Waals surface area contributed by atoms with Crippen LogP contribution in [-0.2, 0) is 27.2 Å². The molecule has 2 atom stereocenters. The fourth-order valence-corrected chi connectivity index (χ4v) is 4.05. The fraction of sp³-hybridized carbons (Fsp3) is 0.448. The Hall–Kier alpha value is -3.44. The molecule has 0 unspecified atom stereocenters. The minimum absolute atomic E-state index is 0.0669. The number of nitrogens with one attached hydrogen (secondary N) is 1. The number of carbonyl (C=O) groups excluding carboxylic acids is 1. The monoisotopic (exact) mass is 541 g/mol. The Morgan fingerprint density at radius 3 is 2.26 bits per heavy atom. The molecule has 39 heavy (non-hydrogen) atoms. The molecule has 10 heteroatoms. The van der Waals surface area contributed by atoms with Crippen molar-refractivity contribution in [1.82, 2.24) is 9.78 Å². The SMILES string of the molecule is CCOC(O)(Cn1ccc(NC(=O)c2cc(O[C@@H](C)COC)cc(O[C@@H](C)Cc3ccccc3)c2)n1)OCC. The van der Waals surface area contributed by atoms with E-state index < -0.39 is 11.9 Å². The molecule has 0 spiro atoms. The van der Waals surface area contributed by atoms with Crippen molar-refractivity contribution in [2.24, 2.45) is 0 Å². The smallest absolute Gasteiger partial charge is 0.301 e. The maximum Gasteiger partial charge on any atom is 0.301 e. The summed E-state index contributed by atoms with van der Waals surface area (Å²) in [6, 6.07) is 16.8. The normalized spacial score (nSPS) is 13.1. The van der Waals surface area contributed by atoms with Gasteiger partial charge in [0.2, 0.25) is 0 Å². The largest absolute Gasteiger partial charge is 0.490 e. The van der Waals surface area contributed by atoms with Crippen LogP contribution in [0.15, 0.2) is 60.8 Å². The van der Waals surface area contributed by atoms with Crippen LogP contribution in [0.25, 0.3) is 0 Å². The Kier molecular flexibility index (Phi) is 11.3. The first-order valence-electron chi connectivity index (χ1n) is 13.1. The number of nitrogens with zero attached hydrogens (tertiary/aromatic N) is 2. The zero-order valence-electron chi connectivity index (χ0n) is 23.3. The van der Waals surface area contributed by atoms with Gasteiger partial charge in [0.05, 0.1) is 12.7 Å². The lowest BCUT2D eigenvalue weighted by Crippen LogP contribution is -2.40. The van der Waals surface area contributed by atoms with Gasteiger partial charge in [0.1, 0.15) is 24.1 Å². The molecule has 10 nitrogen and oxygen atoms in total. The summed E-state index contributed by atoms with van der Waals surface area (Å²) in [5, 5.41) is 17.6. The number of benzene rings is 2. The predicted octanol–water partition coefficient (Wildman–Crippen LogP) is 4.28. The third-order valence-corrected chi connectivity index (χ3v) is 5.57. The van der Waals surface area contributed by atoms with Gasteiger partial charge < -0.3 is 34.1 Å². The minimum atomic E-state index is -1.82. The van der Waals surface area contributed by atoms with Gasteiger partial charge in [-0.25, -0.2) is 0 Å². The second-order valence-electron chi connectivity index (χ2n) is 9.13. The minimum Gasteiger partial charge on any atom is -0.490 e. The van der Waals surface area contributed by atoms with Gasteiger partial charge in [0, 0.05) is 50.6 Å². The first-order chi connectivity index (χ1) is 18.7. The molecule has 3 aromatic rings.